The number of anilines is 1. The molecule has 0 fully saturated rings. The second-order valence-corrected chi connectivity index (χ2v) is 4.09. The molecule has 1 heterocycles. The van der Waals surface area contributed by atoms with Crippen LogP contribution in [0.2, 0.25) is 0 Å². The Morgan fingerprint density at radius 2 is 2.31 bits per heavy atom. The quantitative estimate of drug-likeness (QED) is 0.692. The van der Waals surface area contributed by atoms with Crippen LogP contribution in [-0.2, 0) is 6.42 Å². The lowest BCUT2D eigenvalue weighted by atomic mass is 10.1. The molecular formula is C8H12IN3O. The molecule has 1 rings (SSSR count). The van der Waals surface area contributed by atoms with Gasteiger partial charge in [-0.1, -0.05) is 0 Å². The van der Waals surface area contributed by atoms with Gasteiger partial charge in [-0.15, -0.1) is 0 Å². The average molecular weight is 293 g/mol. The van der Waals surface area contributed by atoms with E-state index in [4.69, 9.17) is 16.6 Å². The van der Waals surface area contributed by atoms with E-state index in [1.165, 1.54) is 0 Å². The van der Waals surface area contributed by atoms with Gasteiger partial charge in [0.25, 0.3) is 0 Å². The normalized spacial score (nSPS) is 12.8. The maximum Gasteiger partial charge on any atom is 0.126 e. The molecule has 0 bridgehead atoms. The topological polar surface area (TPSA) is 85.2 Å². The Labute approximate surface area is 90.5 Å². The molecule has 0 spiro atoms. The highest BCUT2D eigenvalue weighted by Gasteiger charge is 2.06. The molecule has 0 aliphatic rings. The lowest BCUT2D eigenvalue weighted by Crippen LogP contribution is -2.27. The molecule has 1 atom stereocenters. The fraction of sp³-hybridized carbons (Fsp3) is 0.375. The Bertz CT molecular complexity index is 293. The SMILES string of the molecule is Nc1ncc(I)cc1CC(N)CO. The molecule has 0 amide bonds. The Hall–Kier alpha value is -0.400. The number of nitrogen functional groups attached to an aromatic ring is 1. The van der Waals surface area contributed by atoms with Gasteiger partial charge < -0.3 is 16.6 Å². The molecule has 13 heavy (non-hydrogen) atoms. The highest BCUT2D eigenvalue weighted by Crippen LogP contribution is 2.13. The van der Waals surface area contributed by atoms with Crippen molar-refractivity contribution in [2.75, 3.05) is 12.3 Å². The van der Waals surface area contributed by atoms with E-state index >= 15 is 0 Å². The number of pyridine rings is 1. The van der Waals surface area contributed by atoms with Crippen molar-refractivity contribution in [3.63, 3.8) is 0 Å². The number of hydrogen-bond donors (Lipinski definition) is 3. The van der Waals surface area contributed by atoms with Crippen molar-refractivity contribution in [2.45, 2.75) is 12.5 Å². The van der Waals surface area contributed by atoms with Crippen LogP contribution in [0.4, 0.5) is 5.82 Å². The van der Waals surface area contributed by atoms with Crippen LogP contribution >= 0.6 is 22.6 Å². The van der Waals surface area contributed by atoms with Crippen molar-refractivity contribution in [3.8, 4) is 0 Å². The van der Waals surface area contributed by atoms with E-state index in [1.807, 2.05) is 6.07 Å². The number of rotatable bonds is 3. The van der Waals surface area contributed by atoms with Gasteiger partial charge in [0.1, 0.15) is 5.82 Å². The van der Waals surface area contributed by atoms with Crippen LogP contribution < -0.4 is 11.5 Å². The van der Waals surface area contributed by atoms with Crippen molar-refractivity contribution in [2.24, 2.45) is 5.73 Å². The molecule has 0 radical (unpaired) electrons. The summed E-state index contributed by atoms with van der Waals surface area (Å²) in [7, 11) is 0. The largest absolute Gasteiger partial charge is 0.395 e. The average Bonchev–Trinajstić information content (AvgIpc) is 2.11. The van der Waals surface area contributed by atoms with Crippen LogP contribution in [0.5, 0.6) is 0 Å². The second kappa shape index (κ2) is 4.73. The van der Waals surface area contributed by atoms with Gasteiger partial charge >= 0.3 is 0 Å². The van der Waals surface area contributed by atoms with Gasteiger partial charge in [0.2, 0.25) is 0 Å². The van der Waals surface area contributed by atoms with Crippen molar-refractivity contribution in [1.29, 1.82) is 0 Å². The predicted molar refractivity (Wildman–Crippen MR) is 60.1 cm³/mol. The van der Waals surface area contributed by atoms with E-state index in [-0.39, 0.29) is 12.6 Å². The van der Waals surface area contributed by atoms with Crippen LogP contribution in [0.15, 0.2) is 12.3 Å². The van der Waals surface area contributed by atoms with Crippen LogP contribution in [-0.4, -0.2) is 22.7 Å². The molecule has 1 aromatic heterocycles. The van der Waals surface area contributed by atoms with Crippen molar-refractivity contribution < 1.29 is 5.11 Å². The van der Waals surface area contributed by atoms with Crippen LogP contribution in [0.25, 0.3) is 0 Å². The van der Waals surface area contributed by atoms with E-state index in [0.717, 1.165) is 9.13 Å². The fourth-order valence-electron chi connectivity index (χ4n) is 1.00. The van der Waals surface area contributed by atoms with Gasteiger partial charge in [-0.05, 0) is 40.6 Å². The molecule has 0 aromatic carbocycles. The van der Waals surface area contributed by atoms with E-state index in [1.54, 1.807) is 6.20 Å². The zero-order valence-electron chi connectivity index (χ0n) is 7.07. The number of aliphatic hydroxyl groups excluding tert-OH is 1. The summed E-state index contributed by atoms with van der Waals surface area (Å²) in [4.78, 5) is 4.00. The lowest BCUT2D eigenvalue weighted by molar-refractivity contribution is 0.265. The Morgan fingerprint density at radius 1 is 1.62 bits per heavy atom. The maximum absolute atomic E-state index is 8.77. The molecule has 4 nitrogen and oxygen atoms in total. The van der Waals surface area contributed by atoms with Crippen molar-refractivity contribution in [1.82, 2.24) is 4.98 Å². The smallest absolute Gasteiger partial charge is 0.126 e. The molecule has 0 saturated heterocycles. The Morgan fingerprint density at radius 3 is 2.92 bits per heavy atom. The first-order valence-electron chi connectivity index (χ1n) is 3.90. The number of nitrogens with zero attached hydrogens (tertiary/aromatic N) is 1. The lowest BCUT2D eigenvalue weighted by Gasteiger charge is -2.09. The van der Waals surface area contributed by atoms with Gasteiger partial charge in [0.15, 0.2) is 0 Å². The third-order valence-corrected chi connectivity index (χ3v) is 2.27. The summed E-state index contributed by atoms with van der Waals surface area (Å²) in [5.41, 5.74) is 12.1. The van der Waals surface area contributed by atoms with Crippen LogP contribution in [0.3, 0.4) is 0 Å². The monoisotopic (exact) mass is 293 g/mol. The number of nitrogens with two attached hydrogens (primary N) is 2. The minimum atomic E-state index is -0.262. The predicted octanol–water partition coefficient (Wildman–Crippen LogP) is 0.131. The molecule has 5 heteroatoms. The van der Waals surface area contributed by atoms with Gasteiger partial charge in [0.05, 0.1) is 6.61 Å². The molecule has 0 aliphatic carbocycles. The van der Waals surface area contributed by atoms with Crippen LogP contribution in [0.1, 0.15) is 5.56 Å². The molecule has 1 unspecified atom stereocenters. The first kappa shape index (κ1) is 10.7. The molecule has 72 valence electrons. The number of halogens is 1. The second-order valence-electron chi connectivity index (χ2n) is 2.84. The molecule has 0 aliphatic heterocycles. The van der Waals surface area contributed by atoms with Crippen molar-refractivity contribution in [3.05, 3.63) is 21.4 Å². The summed E-state index contributed by atoms with van der Waals surface area (Å²) in [6.45, 7) is -0.0368. The highest BCUT2D eigenvalue weighted by molar-refractivity contribution is 14.1. The fourth-order valence-corrected chi connectivity index (χ4v) is 1.52. The molecular weight excluding hydrogens is 281 g/mol. The van der Waals surface area contributed by atoms with Crippen LogP contribution in [0, 0.1) is 3.57 Å². The first-order chi connectivity index (χ1) is 6.13. The zero-order chi connectivity index (χ0) is 9.84. The summed E-state index contributed by atoms with van der Waals surface area (Å²) in [6, 6.07) is 1.67. The third-order valence-electron chi connectivity index (χ3n) is 1.68. The van der Waals surface area contributed by atoms with E-state index in [9.17, 15) is 0 Å². The molecule has 5 N–H and O–H groups in total. The maximum atomic E-state index is 8.77. The van der Waals surface area contributed by atoms with Gasteiger partial charge in [0, 0.05) is 15.8 Å². The first-order valence-corrected chi connectivity index (χ1v) is 4.97. The van der Waals surface area contributed by atoms with Crippen molar-refractivity contribution >= 4 is 28.4 Å². The Kier molecular flexibility index (Phi) is 3.89. The minimum absolute atomic E-state index is 0.0368. The third kappa shape index (κ3) is 3.09. The minimum Gasteiger partial charge on any atom is -0.395 e. The summed E-state index contributed by atoms with van der Waals surface area (Å²) in [6.07, 6.45) is 2.26. The zero-order valence-corrected chi connectivity index (χ0v) is 9.23. The summed E-state index contributed by atoms with van der Waals surface area (Å²) in [5, 5.41) is 8.77. The van der Waals surface area contributed by atoms with E-state index in [2.05, 4.69) is 27.6 Å². The van der Waals surface area contributed by atoms with Gasteiger partial charge in [-0.3, -0.25) is 0 Å². The van der Waals surface area contributed by atoms with E-state index < -0.39 is 0 Å². The van der Waals surface area contributed by atoms with Gasteiger partial charge in [-0.2, -0.15) is 0 Å². The van der Waals surface area contributed by atoms with E-state index in [0.29, 0.717) is 12.2 Å². The summed E-state index contributed by atoms with van der Waals surface area (Å²) < 4.78 is 1.02. The molecule has 1 aromatic rings. The Balaban J connectivity index is 2.81. The number of aliphatic hydroxyl groups is 1. The standard InChI is InChI=1S/C8H12IN3O/c9-6-1-5(2-7(10)4-13)8(11)12-3-6/h1,3,7,13H,2,4,10H2,(H2,11,12). The molecule has 0 saturated carbocycles. The summed E-state index contributed by atoms with van der Waals surface area (Å²) in [5.74, 6) is 0.490. The highest BCUT2D eigenvalue weighted by atomic mass is 127. The van der Waals surface area contributed by atoms with Gasteiger partial charge in [-0.25, -0.2) is 4.98 Å². The summed E-state index contributed by atoms with van der Waals surface area (Å²) >= 11 is 2.16. The number of aromatic nitrogens is 1. The number of hydrogen-bond acceptors (Lipinski definition) is 4.